The minimum atomic E-state index is -4.86. The van der Waals surface area contributed by atoms with Crippen LogP contribution in [0.5, 0.6) is 5.75 Å². The molecular weight excluding hydrogens is 291 g/mol. The number of Topliss-reactive ketones (excluding diaryl/α,β-unsaturated/α-hetero) is 1. The molecule has 7 heteroatoms. The van der Waals surface area contributed by atoms with Crippen molar-refractivity contribution in [2.24, 2.45) is 0 Å². The SMILES string of the molecule is CC(=O)c1c(N)cc(Br)cc1OC(F)(F)F. The number of hydrogen-bond acceptors (Lipinski definition) is 3. The second-order valence-electron chi connectivity index (χ2n) is 2.97. The van der Waals surface area contributed by atoms with E-state index in [-0.39, 0.29) is 11.3 Å². The minimum absolute atomic E-state index is 0.0684. The number of benzene rings is 1. The topological polar surface area (TPSA) is 52.3 Å². The van der Waals surface area contributed by atoms with Gasteiger partial charge >= 0.3 is 6.36 Å². The van der Waals surface area contributed by atoms with Crippen molar-refractivity contribution in [3.8, 4) is 5.75 Å². The first-order valence-corrected chi connectivity index (χ1v) is 4.85. The third-order valence-electron chi connectivity index (χ3n) is 1.68. The summed E-state index contributed by atoms with van der Waals surface area (Å²) in [5.74, 6) is -1.20. The Labute approximate surface area is 97.5 Å². The molecule has 0 amide bonds. The summed E-state index contributed by atoms with van der Waals surface area (Å²) in [4.78, 5) is 11.1. The molecule has 0 aliphatic heterocycles. The molecule has 2 N–H and O–H groups in total. The molecule has 0 aliphatic rings. The third kappa shape index (κ3) is 3.13. The van der Waals surface area contributed by atoms with Gasteiger partial charge in [0.1, 0.15) is 5.75 Å². The summed E-state index contributed by atoms with van der Waals surface area (Å²) < 4.78 is 40.2. The number of alkyl halides is 3. The molecule has 16 heavy (non-hydrogen) atoms. The van der Waals surface area contributed by atoms with Crippen molar-refractivity contribution in [2.75, 3.05) is 5.73 Å². The van der Waals surface area contributed by atoms with Crippen LogP contribution in [-0.4, -0.2) is 12.1 Å². The Morgan fingerprint density at radius 2 is 2.00 bits per heavy atom. The quantitative estimate of drug-likeness (QED) is 0.674. The van der Waals surface area contributed by atoms with Crippen molar-refractivity contribution < 1.29 is 22.7 Å². The molecule has 0 atom stereocenters. The second-order valence-corrected chi connectivity index (χ2v) is 3.89. The number of ether oxygens (including phenoxy) is 1. The zero-order valence-electron chi connectivity index (χ0n) is 8.06. The lowest BCUT2D eigenvalue weighted by molar-refractivity contribution is -0.274. The molecule has 88 valence electrons. The van der Waals surface area contributed by atoms with Crippen molar-refractivity contribution in [2.45, 2.75) is 13.3 Å². The Morgan fingerprint density at radius 1 is 1.44 bits per heavy atom. The normalized spacial score (nSPS) is 11.3. The molecule has 3 nitrogen and oxygen atoms in total. The summed E-state index contributed by atoms with van der Waals surface area (Å²) in [6, 6.07) is 2.38. The number of nitrogens with two attached hydrogens (primary N) is 1. The van der Waals surface area contributed by atoms with E-state index in [9.17, 15) is 18.0 Å². The number of nitrogen functional groups attached to an aromatic ring is 1. The first-order valence-electron chi connectivity index (χ1n) is 4.06. The van der Waals surface area contributed by atoms with Crippen LogP contribution in [0, 0.1) is 0 Å². The average Bonchev–Trinajstić information content (AvgIpc) is 1.96. The summed E-state index contributed by atoms with van der Waals surface area (Å²) in [6.45, 7) is 1.11. The van der Waals surface area contributed by atoms with Gasteiger partial charge in [-0.3, -0.25) is 4.79 Å². The smallest absolute Gasteiger partial charge is 0.405 e. The fraction of sp³-hybridized carbons (Fsp3) is 0.222. The lowest BCUT2D eigenvalue weighted by Crippen LogP contribution is -2.19. The summed E-state index contributed by atoms with van der Waals surface area (Å²) in [7, 11) is 0. The largest absolute Gasteiger partial charge is 0.573 e. The van der Waals surface area contributed by atoms with Gasteiger partial charge in [-0.05, 0) is 19.1 Å². The first kappa shape index (κ1) is 12.8. The molecular formula is C9H7BrF3NO2. The van der Waals surface area contributed by atoms with E-state index in [0.29, 0.717) is 4.47 Å². The van der Waals surface area contributed by atoms with Gasteiger partial charge in [-0.2, -0.15) is 0 Å². The molecule has 1 rings (SSSR count). The predicted molar refractivity (Wildman–Crippen MR) is 55.2 cm³/mol. The molecule has 0 bridgehead atoms. The van der Waals surface area contributed by atoms with E-state index in [0.717, 1.165) is 13.0 Å². The molecule has 0 unspecified atom stereocenters. The summed E-state index contributed by atoms with van der Waals surface area (Å²) in [6.07, 6.45) is -4.86. The lowest BCUT2D eigenvalue weighted by atomic mass is 10.1. The van der Waals surface area contributed by atoms with Crippen molar-refractivity contribution in [1.82, 2.24) is 0 Å². The zero-order valence-corrected chi connectivity index (χ0v) is 9.65. The Hall–Kier alpha value is -1.24. The zero-order chi connectivity index (χ0) is 12.5. The highest BCUT2D eigenvalue weighted by Gasteiger charge is 2.33. The number of hydrogen-bond donors (Lipinski definition) is 1. The van der Waals surface area contributed by atoms with E-state index in [4.69, 9.17) is 5.73 Å². The monoisotopic (exact) mass is 297 g/mol. The van der Waals surface area contributed by atoms with Crippen LogP contribution in [0.4, 0.5) is 18.9 Å². The molecule has 1 aromatic carbocycles. The molecule has 1 aromatic rings. The Kier molecular flexibility index (Phi) is 3.47. The van der Waals surface area contributed by atoms with Gasteiger partial charge in [0.2, 0.25) is 0 Å². The summed E-state index contributed by atoms with van der Waals surface area (Å²) in [5, 5.41) is 0. The van der Waals surface area contributed by atoms with E-state index >= 15 is 0 Å². The maximum atomic E-state index is 12.1. The highest BCUT2D eigenvalue weighted by Crippen LogP contribution is 2.33. The fourth-order valence-electron chi connectivity index (χ4n) is 1.18. The van der Waals surface area contributed by atoms with Crippen LogP contribution in [0.3, 0.4) is 0 Å². The standard InChI is InChI=1S/C9H7BrF3NO2/c1-4(15)8-6(14)2-5(10)3-7(8)16-9(11,12)13/h2-3H,14H2,1H3. The molecule has 0 fully saturated rings. The Bertz CT molecular complexity index is 431. The van der Waals surface area contributed by atoms with Crippen LogP contribution < -0.4 is 10.5 Å². The van der Waals surface area contributed by atoms with Gasteiger partial charge in [-0.1, -0.05) is 15.9 Å². The van der Waals surface area contributed by atoms with Crippen molar-refractivity contribution in [1.29, 1.82) is 0 Å². The number of ketones is 1. The average molecular weight is 298 g/mol. The second kappa shape index (κ2) is 4.32. The van der Waals surface area contributed by atoms with E-state index in [1.807, 2.05) is 0 Å². The van der Waals surface area contributed by atoms with Gasteiger partial charge in [0, 0.05) is 10.2 Å². The molecule has 0 saturated carbocycles. The number of carbonyl (C=O) groups excluding carboxylic acids is 1. The van der Waals surface area contributed by atoms with Gasteiger partial charge in [0.15, 0.2) is 5.78 Å². The van der Waals surface area contributed by atoms with Crippen LogP contribution in [-0.2, 0) is 0 Å². The van der Waals surface area contributed by atoms with Crippen molar-refractivity contribution in [3.05, 3.63) is 22.2 Å². The fourth-order valence-corrected chi connectivity index (χ4v) is 1.64. The number of rotatable bonds is 2. The highest BCUT2D eigenvalue weighted by atomic mass is 79.9. The Balaban J connectivity index is 3.30. The maximum Gasteiger partial charge on any atom is 0.573 e. The molecule has 0 spiro atoms. The maximum absolute atomic E-state index is 12.1. The predicted octanol–water partition coefficient (Wildman–Crippen LogP) is 3.13. The molecule has 0 saturated heterocycles. The molecule has 0 aromatic heterocycles. The number of anilines is 1. The van der Waals surface area contributed by atoms with Gasteiger partial charge in [-0.15, -0.1) is 13.2 Å². The van der Waals surface area contributed by atoms with E-state index in [1.54, 1.807) is 0 Å². The molecule has 0 heterocycles. The third-order valence-corrected chi connectivity index (χ3v) is 2.13. The van der Waals surface area contributed by atoms with Crippen LogP contribution in [0.1, 0.15) is 17.3 Å². The highest BCUT2D eigenvalue weighted by molar-refractivity contribution is 9.10. The minimum Gasteiger partial charge on any atom is -0.405 e. The first-order chi connectivity index (χ1) is 7.20. The van der Waals surface area contributed by atoms with Crippen LogP contribution in [0.15, 0.2) is 16.6 Å². The van der Waals surface area contributed by atoms with Gasteiger partial charge in [0.25, 0.3) is 0 Å². The Morgan fingerprint density at radius 3 is 2.44 bits per heavy atom. The lowest BCUT2D eigenvalue weighted by Gasteiger charge is -2.13. The summed E-state index contributed by atoms with van der Waals surface area (Å²) >= 11 is 2.97. The van der Waals surface area contributed by atoms with E-state index < -0.39 is 17.9 Å². The van der Waals surface area contributed by atoms with Gasteiger partial charge < -0.3 is 10.5 Å². The van der Waals surface area contributed by atoms with Crippen LogP contribution in [0.2, 0.25) is 0 Å². The van der Waals surface area contributed by atoms with Crippen LogP contribution >= 0.6 is 15.9 Å². The molecule has 0 radical (unpaired) electrons. The van der Waals surface area contributed by atoms with Crippen LogP contribution in [0.25, 0.3) is 0 Å². The number of halogens is 4. The summed E-state index contributed by atoms with van der Waals surface area (Å²) in [5.41, 5.74) is 5.10. The molecule has 0 aliphatic carbocycles. The van der Waals surface area contributed by atoms with Crippen molar-refractivity contribution >= 4 is 27.4 Å². The van der Waals surface area contributed by atoms with Gasteiger partial charge in [-0.25, -0.2) is 0 Å². The van der Waals surface area contributed by atoms with Crippen molar-refractivity contribution in [3.63, 3.8) is 0 Å². The van der Waals surface area contributed by atoms with E-state index in [1.165, 1.54) is 6.07 Å². The van der Waals surface area contributed by atoms with E-state index in [2.05, 4.69) is 20.7 Å². The number of carbonyl (C=O) groups is 1. The van der Waals surface area contributed by atoms with Gasteiger partial charge in [0.05, 0.1) is 5.56 Å².